The molecule has 0 bridgehead atoms. The van der Waals surface area contributed by atoms with Gasteiger partial charge in [0.15, 0.2) is 0 Å². The third-order valence-electron chi connectivity index (χ3n) is 2.94. The van der Waals surface area contributed by atoms with Crippen molar-refractivity contribution in [2.24, 2.45) is 5.10 Å². The van der Waals surface area contributed by atoms with Crippen LogP contribution >= 0.6 is 15.9 Å². The first-order valence-corrected chi connectivity index (χ1v) is 7.31. The van der Waals surface area contributed by atoms with Gasteiger partial charge in [-0.2, -0.15) is 5.10 Å². The number of carbonyl (C=O) groups excluding carboxylic acids is 1. The topological polar surface area (TPSA) is 88.0 Å². The minimum Gasteiger partial charge on any atom is -0.496 e. The number of hydrazone groups is 1. The van der Waals surface area contributed by atoms with E-state index in [1.165, 1.54) is 25.5 Å². The van der Waals surface area contributed by atoms with Crippen LogP contribution in [0.5, 0.6) is 5.75 Å². The second-order valence-electron chi connectivity index (χ2n) is 4.47. The summed E-state index contributed by atoms with van der Waals surface area (Å²) < 4.78 is 5.85. The van der Waals surface area contributed by atoms with Crippen LogP contribution in [0, 0.1) is 0 Å². The molecule has 6 nitrogen and oxygen atoms in total. The third-order valence-corrected chi connectivity index (χ3v) is 3.47. The largest absolute Gasteiger partial charge is 0.496 e. The van der Waals surface area contributed by atoms with Crippen molar-refractivity contribution < 1.29 is 19.4 Å². The molecule has 0 spiro atoms. The molecular formula is C16H13BrN2O4. The first kappa shape index (κ1) is 16.7. The lowest BCUT2D eigenvalue weighted by molar-refractivity contribution is 0.0693. The van der Waals surface area contributed by atoms with Gasteiger partial charge < -0.3 is 9.84 Å². The first-order valence-electron chi connectivity index (χ1n) is 6.51. The lowest BCUT2D eigenvalue weighted by atomic mass is 10.1. The molecule has 23 heavy (non-hydrogen) atoms. The monoisotopic (exact) mass is 376 g/mol. The minimum atomic E-state index is -1.10. The lowest BCUT2D eigenvalue weighted by Gasteiger charge is -2.05. The molecular weight excluding hydrogens is 364 g/mol. The molecule has 2 N–H and O–H groups in total. The summed E-state index contributed by atoms with van der Waals surface area (Å²) in [4.78, 5) is 23.0. The summed E-state index contributed by atoms with van der Waals surface area (Å²) in [6.07, 6.45) is 1.36. The van der Waals surface area contributed by atoms with Gasteiger partial charge in [0.25, 0.3) is 5.91 Å². The highest BCUT2D eigenvalue weighted by atomic mass is 79.9. The standard InChI is InChI=1S/C16H13BrN2O4/c1-23-14-7-2-10(8-13(14)16(21)22)9-18-19-15(20)11-3-5-12(17)6-4-11/h2-9H,1H3,(H,19,20)(H,21,22)/b18-9-. The Bertz CT molecular complexity index is 757. The van der Waals surface area contributed by atoms with Crippen molar-refractivity contribution in [1.29, 1.82) is 0 Å². The van der Waals surface area contributed by atoms with Crippen LogP contribution in [0.1, 0.15) is 26.3 Å². The third kappa shape index (κ3) is 4.40. The van der Waals surface area contributed by atoms with Crippen LogP contribution < -0.4 is 10.2 Å². The summed E-state index contributed by atoms with van der Waals surface area (Å²) in [6.45, 7) is 0. The number of amides is 1. The van der Waals surface area contributed by atoms with E-state index < -0.39 is 5.97 Å². The predicted octanol–water partition coefficient (Wildman–Crippen LogP) is 2.92. The van der Waals surface area contributed by atoms with Crippen molar-refractivity contribution in [2.45, 2.75) is 0 Å². The predicted molar refractivity (Wildman–Crippen MR) is 89.2 cm³/mol. The molecule has 0 saturated heterocycles. The maximum atomic E-state index is 11.9. The highest BCUT2D eigenvalue weighted by Crippen LogP contribution is 2.19. The van der Waals surface area contributed by atoms with Crippen LogP contribution in [-0.2, 0) is 0 Å². The molecule has 7 heteroatoms. The normalized spacial score (nSPS) is 10.5. The minimum absolute atomic E-state index is 0.0238. The van der Waals surface area contributed by atoms with Gasteiger partial charge in [-0.05, 0) is 48.0 Å². The zero-order valence-corrected chi connectivity index (χ0v) is 13.7. The van der Waals surface area contributed by atoms with Crippen LogP contribution in [0.25, 0.3) is 0 Å². The van der Waals surface area contributed by atoms with Gasteiger partial charge in [-0.1, -0.05) is 15.9 Å². The highest BCUT2D eigenvalue weighted by molar-refractivity contribution is 9.10. The van der Waals surface area contributed by atoms with E-state index in [0.29, 0.717) is 11.1 Å². The summed E-state index contributed by atoms with van der Waals surface area (Å²) in [5, 5.41) is 12.9. The van der Waals surface area contributed by atoms with E-state index in [2.05, 4.69) is 26.5 Å². The molecule has 0 unspecified atom stereocenters. The zero-order chi connectivity index (χ0) is 16.8. The molecule has 0 atom stereocenters. The Morgan fingerprint density at radius 2 is 1.91 bits per heavy atom. The fourth-order valence-electron chi connectivity index (χ4n) is 1.80. The Labute approximate surface area is 140 Å². The van der Waals surface area contributed by atoms with Crippen molar-refractivity contribution in [3.63, 3.8) is 0 Å². The van der Waals surface area contributed by atoms with Crippen LogP contribution in [-0.4, -0.2) is 30.3 Å². The number of hydrogen-bond acceptors (Lipinski definition) is 4. The van der Waals surface area contributed by atoms with Crippen LogP contribution in [0.4, 0.5) is 0 Å². The maximum absolute atomic E-state index is 11.9. The van der Waals surface area contributed by atoms with E-state index in [0.717, 1.165) is 4.47 Å². The molecule has 0 aliphatic carbocycles. The van der Waals surface area contributed by atoms with Crippen LogP contribution in [0.3, 0.4) is 0 Å². The van der Waals surface area contributed by atoms with Crippen molar-refractivity contribution in [3.8, 4) is 5.75 Å². The number of ether oxygens (including phenoxy) is 1. The van der Waals surface area contributed by atoms with E-state index in [4.69, 9.17) is 9.84 Å². The number of benzene rings is 2. The first-order chi connectivity index (χ1) is 11.0. The fraction of sp³-hybridized carbons (Fsp3) is 0.0625. The summed E-state index contributed by atoms with van der Waals surface area (Å²) in [5.74, 6) is -1.20. The molecule has 2 aromatic rings. The van der Waals surface area contributed by atoms with Gasteiger partial charge in [-0.15, -0.1) is 0 Å². The number of carbonyl (C=O) groups is 2. The summed E-state index contributed by atoms with van der Waals surface area (Å²) in [6, 6.07) is 11.4. The summed E-state index contributed by atoms with van der Waals surface area (Å²) in [7, 11) is 1.40. The van der Waals surface area contributed by atoms with E-state index in [-0.39, 0.29) is 17.2 Å². The molecule has 2 aromatic carbocycles. The van der Waals surface area contributed by atoms with Gasteiger partial charge in [-0.3, -0.25) is 4.79 Å². The van der Waals surface area contributed by atoms with E-state index in [9.17, 15) is 9.59 Å². The number of carboxylic acids is 1. The number of halogens is 1. The number of methoxy groups -OCH3 is 1. The number of rotatable bonds is 5. The second kappa shape index (κ2) is 7.55. The van der Waals surface area contributed by atoms with Gasteiger partial charge in [-0.25, -0.2) is 10.2 Å². The van der Waals surface area contributed by atoms with E-state index >= 15 is 0 Å². The molecule has 0 fully saturated rings. The quantitative estimate of drug-likeness (QED) is 0.620. The van der Waals surface area contributed by atoms with Crippen molar-refractivity contribution in [2.75, 3.05) is 7.11 Å². The van der Waals surface area contributed by atoms with Gasteiger partial charge in [0.1, 0.15) is 11.3 Å². The van der Waals surface area contributed by atoms with E-state index in [1.54, 1.807) is 30.3 Å². The number of nitrogens with zero attached hydrogens (tertiary/aromatic N) is 1. The molecule has 0 radical (unpaired) electrons. The summed E-state index contributed by atoms with van der Waals surface area (Å²) >= 11 is 3.29. The van der Waals surface area contributed by atoms with E-state index in [1.807, 2.05) is 0 Å². The van der Waals surface area contributed by atoms with Crippen molar-refractivity contribution >= 4 is 34.0 Å². The average Bonchev–Trinajstić information content (AvgIpc) is 2.55. The lowest BCUT2D eigenvalue weighted by Crippen LogP contribution is -2.17. The fourth-order valence-corrected chi connectivity index (χ4v) is 2.07. The molecule has 0 aliphatic rings. The Morgan fingerprint density at radius 3 is 2.52 bits per heavy atom. The molecule has 0 heterocycles. The van der Waals surface area contributed by atoms with Gasteiger partial charge in [0.2, 0.25) is 0 Å². The van der Waals surface area contributed by atoms with Crippen LogP contribution in [0.15, 0.2) is 52.0 Å². The molecule has 118 valence electrons. The van der Waals surface area contributed by atoms with Gasteiger partial charge in [0.05, 0.1) is 13.3 Å². The Morgan fingerprint density at radius 1 is 1.22 bits per heavy atom. The van der Waals surface area contributed by atoms with Gasteiger partial charge in [0, 0.05) is 10.0 Å². The average molecular weight is 377 g/mol. The molecule has 0 aromatic heterocycles. The number of aromatic carboxylic acids is 1. The second-order valence-corrected chi connectivity index (χ2v) is 5.39. The Hall–Kier alpha value is -2.67. The van der Waals surface area contributed by atoms with Crippen molar-refractivity contribution in [3.05, 3.63) is 63.6 Å². The zero-order valence-electron chi connectivity index (χ0n) is 12.1. The SMILES string of the molecule is COc1ccc(/C=N\NC(=O)c2ccc(Br)cc2)cc1C(=O)O. The molecule has 1 amide bonds. The molecule has 0 saturated carbocycles. The number of hydrogen-bond donors (Lipinski definition) is 2. The highest BCUT2D eigenvalue weighted by Gasteiger charge is 2.11. The Balaban J connectivity index is 2.08. The summed E-state index contributed by atoms with van der Waals surface area (Å²) in [5.41, 5.74) is 3.40. The molecule has 0 aliphatic heterocycles. The smallest absolute Gasteiger partial charge is 0.339 e. The van der Waals surface area contributed by atoms with Crippen molar-refractivity contribution in [1.82, 2.24) is 5.43 Å². The Kier molecular flexibility index (Phi) is 5.48. The van der Waals surface area contributed by atoms with Gasteiger partial charge >= 0.3 is 5.97 Å². The van der Waals surface area contributed by atoms with Crippen LogP contribution in [0.2, 0.25) is 0 Å². The maximum Gasteiger partial charge on any atom is 0.339 e. The molecule has 2 rings (SSSR count). The number of nitrogens with one attached hydrogen (secondary N) is 1. The number of carboxylic acid groups (broad SMARTS) is 1.